The number of hydrogen-bond donors (Lipinski definition) is 0. The van der Waals surface area contributed by atoms with Gasteiger partial charge in [0.1, 0.15) is 0 Å². The van der Waals surface area contributed by atoms with Crippen LogP contribution in [0.25, 0.3) is 0 Å². The van der Waals surface area contributed by atoms with Crippen LogP contribution in [0.1, 0.15) is 74.7 Å². The number of unbranched alkanes of at least 4 members (excludes halogenated alkanes) is 1. The van der Waals surface area contributed by atoms with Crippen molar-refractivity contribution in [3.8, 4) is 0 Å². The Morgan fingerprint density at radius 2 is 1.21 bits per heavy atom. The average molecular weight is 198 g/mol. The zero-order valence-corrected chi connectivity index (χ0v) is 11.6. The molecule has 0 heterocycles. The highest BCUT2D eigenvalue weighted by Crippen LogP contribution is 2.53. The van der Waals surface area contributed by atoms with Gasteiger partial charge in [-0.3, -0.25) is 0 Å². The van der Waals surface area contributed by atoms with E-state index in [9.17, 15) is 0 Å². The lowest BCUT2D eigenvalue weighted by atomic mass is 9.54. The van der Waals surface area contributed by atoms with Crippen molar-refractivity contribution in [2.75, 3.05) is 0 Å². The fraction of sp³-hybridized carbons (Fsp3) is 1.00. The first-order valence-electron chi connectivity index (χ1n) is 6.06. The van der Waals surface area contributed by atoms with Crippen LogP contribution in [0, 0.1) is 16.2 Å². The minimum Gasteiger partial charge on any atom is -0.0654 e. The van der Waals surface area contributed by atoms with Crippen LogP contribution in [0.15, 0.2) is 0 Å². The summed E-state index contributed by atoms with van der Waals surface area (Å²) < 4.78 is 0. The lowest BCUT2D eigenvalue weighted by Gasteiger charge is -2.51. The summed E-state index contributed by atoms with van der Waals surface area (Å²) in [4.78, 5) is 0. The fourth-order valence-electron chi connectivity index (χ4n) is 1.95. The van der Waals surface area contributed by atoms with Crippen molar-refractivity contribution in [1.82, 2.24) is 0 Å². The summed E-state index contributed by atoms with van der Waals surface area (Å²) in [7, 11) is 0. The summed E-state index contributed by atoms with van der Waals surface area (Å²) in [6.45, 7) is 19.1. The Bertz CT molecular complexity index is 167. The quantitative estimate of drug-likeness (QED) is 0.577. The molecule has 14 heavy (non-hydrogen) atoms. The molecule has 0 aromatic heterocycles. The van der Waals surface area contributed by atoms with E-state index < -0.39 is 0 Å². The van der Waals surface area contributed by atoms with E-state index >= 15 is 0 Å². The monoisotopic (exact) mass is 198 g/mol. The molecule has 0 saturated heterocycles. The second-order valence-electron chi connectivity index (χ2n) is 6.86. The highest BCUT2D eigenvalue weighted by Gasteiger charge is 2.44. The van der Waals surface area contributed by atoms with E-state index in [2.05, 4.69) is 55.4 Å². The van der Waals surface area contributed by atoms with Gasteiger partial charge in [0.05, 0.1) is 0 Å². The highest BCUT2D eigenvalue weighted by atomic mass is 14.5. The van der Waals surface area contributed by atoms with Gasteiger partial charge in [0, 0.05) is 0 Å². The van der Waals surface area contributed by atoms with Gasteiger partial charge in [-0.25, -0.2) is 0 Å². The van der Waals surface area contributed by atoms with Gasteiger partial charge in [0.25, 0.3) is 0 Å². The SMILES string of the molecule is CCCCC(C)(C)C(C)(C)C(C)(C)C. The average Bonchev–Trinajstić information content (AvgIpc) is 1.98. The molecule has 0 bridgehead atoms. The van der Waals surface area contributed by atoms with Crippen LogP contribution >= 0.6 is 0 Å². The second kappa shape index (κ2) is 4.24. The molecule has 0 aromatic carbocycles. The molecule has 0 N–H and O–H groups in total. The first-order chi connectivity index (χ1) is 6.06. The smallest absolute Gasteiger partial charge is 0.0254 e. The zero-order chi connectivity index (χ0) is 11.6. The van der Waals surface area contributed by atoms with Crippen LogP contribution in [-0.2, 0) is 0 Å². The molecule has 0 spiro atoms. The first kappa shape index (κ1) is 14.0. The molecule has 0 heteroatoms. The van der Waals surface area contributed by atoms with Crippen LogP contribution in [0.5, 0.6) is 0 Å². The van der Waals surface area contributed by atoms with E-state index in [0.717, 1.165) is 0 Å². The molecule has 0 saturated carbocycles. The maximum Gasteiger partial charge on any atom is -0.0254 e. The Balaban J connectivity index is 4.69. The summed E-state index contributed by atoms with van der Waals surface area (Å²) in [5.41, 5.74) is 1.20. The van der Waals surface area contributed by atoms with Crippen molar-refractivity contribution in [3.63, 3.8) is 0 Å². The van der Waals surface area contributed by atoms with Crippen LogP contribution in [0.2, 0.25) is 0 Å². The van der Waals surface area contributed by atoms with Gasteiger partial charge < -0.3 is 0 Å². The molecular formula is C14H30. The highest BCUT2D eigenvalue weighted by molar-refractivity contribution is 4.93. The molecule has 0 amide bonds. The van der Waals surface area contributed by atoms with Gasteiger partial charge in [-0.2, -0.15) is 0 Å². The number of hydrogen-bond acceptors (Lipinski definition) is 0. The summed E-state index contributed by atoms with van der Waals surface area (Å²) >= 11 is 0. The molecule has 0 nitrogen and oxygen atoms in total. The van der Waals surface area contributed by atoms with Crippen molar-refractivity contribution in [1.29, 1.82) is 0 Å². The zero-order valence-electron chi connectivity index (χ0n) is 11.6. The molecule has 0 fully saturated rings. The minimum absolute atomic E-state index is 0.379. The lowest BCUT2D eigenvalue weighted by molar-refractivity contribution is -0.0145. The van der Waals surface area contributed by atoms with Crippen molar-refractivity contribution in [2.24, 2.45) is 16.2 Å². The Morgan fingerprint density at radius 3 is 1.50 bits per heavy atom. The predicted octanol–water partition coefficient (Wildman–Crippen LogP) is 5.28. The van der Waals surface area contributed by atoms with E-state index in [1.54, 1.807) is 0 Å². The van der Waals surface area contributed by atoms with E-state index in [1.165, 1.54) is 19.3 Å². The van der Waals surface area contributed by atoms with Crippen LogP contribution in [-0.4, -0.2) is 0 Å². The van der Waals surface area contributed by atoms with E-state index in [4.69, 9.17) is 0 Å². The molecule has 0 aliphatic carbocycles. The summed E-state index contributed by atoms with van der Waals surface area (Å²) in [5, 5.41) is 0. The maximum absolute atomic E-state index is 2.42. The van der Waals surface area contributed by atoms with Gasteiger partial charge in [-0.1, -0.05) is 68.2 Å². The number of rotatable bonds is 4. The third kappa shape index (κ3) is 2.74. The van der Waals surface area contributed by atoms with Crippen LogP contribution in [0.4, 0.5) is 0 Å². The van der Waals surface area contributed by atoms with Crippen molar-refractivity contribution < 1.29 is 0 Å². The molecule has 0 aliphatic rings. The predicted molar refractivity (Wildman–Crippen MR) is 66.5 cm³/mol. The third-order valence-electron chi connectivity index (χ3n) is 4.72. The molecule has 0 aromatic rings. The first-order valence-corrected chi connectivity index (χ1v) is 6.06. The molecule has 0 radical (unpaired) electrons. The molecule has 0 atom stereocenters. The molecule has 86 valence electrons. The maximum atomic E-state index is 2.42. The van der Waals surface area contributed by atoms with Gasteiger partial charge in [0.2, 0.25) is 0 Å². The van der Waals surface area contributed by atoms with Gasteiger partial charge in [0.15, 0.2) is 0 Å². The van der Waals surface area contributed by atoms with Crippen molar-refractivity contribution in [2.45, 2.75) is 74.7 Å². The molecule has 0 aliphatic heterocycles. The lowest BCUT2D eigenvalue weighted by Crippen LogP contribution is -2.42. The fourth-order valence-corrected chi connectivity index (χ4v) is 1.95. The normalized spacial score (nSPS) is 14.6. The molecular weight excluding hydrogens is 168 g/mol. The molecule has 0 unspecified atom stereocenters. The Labute approximate surface area is 91.5 Å². The summed E-state index contributed by atoms with van der Waals surface area (Å²) in [6.07, 6.45) is 4.00. The largest absolute Gasteiger partial charge is 0.0654 e. The van der Waals surface area contributed by atoms with E-state index in [-0.39, 0.29) is 0 Å². The van der Waals surface area contributed by atoms with Gasteiger partial charge in [-0.05, 0) is 22.7 Å². The standard InChI is InChI=1S/C14H30/c1-9-10-11-13(5,6)14(7,8)12(2,3)4/h9-11H2,1-8H3. The Morgan fingerprint density at radius 1 is 0.786 bits per heavy atom. The third-order valence-corrected chi connectivity index (χ3v) is 4.72. The molecule has 0 rings (SSSR count). The van der Waals surface area contributed by atoms with E-state index in [0.29, 0.717) is 16.2 Å². The topological polar surface area (TPSA) is 0 Å². The van der Waals surface area contributed by atoms with Crippen LogP contribution in [0.3, 0.4) is 0 Å². The Hall–Kier alpha value is 0. The van der Waals surface area contributed by atoms with E-state index in [1.807, 2.05) is 0 Å². The minimum atomic E-state index is 0.379. The van der Waals surface area contributed by atoms with Crippen LogP contribution < -0.4 is 0 Å². The second-order valence-corrected chi connectivity index (χ2v) is 6.86. The Kier molecular flexibility index (Phi) is 4.24. The van der Waals surface area contributed by atoms with Gasteiger partial charge in [-0.15, -0.1) is 0 Å². The summed E-state index contributed by atoms with van der Waals surface area (Å²) in [6, 6.07) is 0. The van der Waals surface area contributed by atoms with Crippen molar-refractivity contribution >= 4 is 0 Å². The summed E-state index contributed by atoms with van der Waals surface area (Å²) in [5.74, 6) is 0. The van der Waals surface area contributed by atoms with Crippen molar-refractivity contribution in [3.05, 3.63) is 0 Å². The van der Waals surface area contributed by atoms with Gasteiger partial charge >= 0.3 is 0 Å².